The van der Waals surface area contributed by atoms with Crippen molar-refractivity contribution in [3.05, 3.63) is 0 Å². The van der Waals surface area contributed by atoms with E-state index in [-0.39, 0.29) is 11.3 Å². The molecule has 1 saturated carbocycles. The van der Waals surface area contributed by atoms with Gasteiger partial charge < -0.3 is 5.73 Å². The Labute approximate surface area is 117 Å². The molecule has 19 heavy (non-hydrogen) atoms. The van der Waals surface area contributed by atoms with Crippen molar-refractivity contribution in [3.63, 3.8) is 0 Å². The van der Waals surface area contributed by atoms with Gasteiger partial charge in [-0.05, 0) is 31.6 Å². The summed E-state index contributed by atoms with van der Waals surface area (Å²) in [6, 6.07) is 0.0330. The molecule has 2 N–H and O–H groups in total. The lowest BCUT2D eigenvalue weighted by Crippen LogP contribution is -2.52. The highest BCUT2D eigenvalue weighted by molar-refractivity contribution is 7.89. The molecule has 2 aliphatic rings. The molecule has 0 radical (unpaired) electrons. The number of nitrogens with two attached hydrogens (primary N) is 1. The Bertz CT molecular complexity index is 377. The third kappa shape index (κ3) is 3.31. The lowest BCUT2D eigenvalue weighted by Gasteiger charge is -2.40. The summed E-state index contributed by atoms with van der Waals surface area (Å²) in [6.07, 6.45) is 8.06. The van der Waals surface area contributed by atoms with Gasteiger partial charge in [-0.1, -0.05) is 32.6 Å². The van der Waals surface area contributed by atoms with E-state index in [9.17, 15) is 8.42 Å². The summed E-state index contributed by atoms with van der Waals surface area (Å²) >= 11 is 0. The lowest BCUT2D eigenvalue weighted by molar-refractivity contribution is 0.194. The van der Waals surface area contributed by atoms with Crippen LogP contribution in [0.25, 0.3) is 0 Å². The Morgan fingerprint density at radius 3 is 2.42 bits per heavy atom. The first-order chi connectivity index (χ1) is 9.09. The van der Waals surface area contributed by atoms with Crippen LogP contribution in [0.4, 0.5) is 0 Å². The zero-order valence-corrected chi connectivity index (χ0v) is 12.9. The van der Waals surface area contributed by atoms with Gasteiger partial charge in [-0.15, -0.1) is 0 Å². The van der Waals surface area contributed by atoms with E-state index in [0.717, 1.165) is 44.9 Å². The minimum Gasteiger partial charge on any atom is -0.329 e. The zero-order chi connectivity index (χ0) is 13.9. The highest BCUT2D eigenvalue weighted by atomic mass is 32.2. The molecule has 1 aliphatic carbocycles. The average Bonchev–Trinajstić information content (AvgIpc) is 2.47. The molecule has 2 atom stereocenters. The summed E-state index contributed by atoms with van der Waals surface area (Å²) in [5, 5.41) is -0.145. The number of rotatable bonds is 4. The molecule has 2 fully saturated rings. The summed E-state index contributed by atoms with van der Waals surface area (Å²) in [6.45, 7) is 3.32. The van der Waals surface area contributed by atoms with Crippen LogP contribution in [0.2, 0.25) is 0 Å². The van der Waals surface area contributed by atoms with Crippen molar-refractivity contribution in [2.75, 3.05) is 13.1 Å². The van der Waals surface area contributed by atoms with Crippen molar-refractivity contribution in [2.24, 2.45) is 11.7 Å². The maximum absolute atomic E-state index is 12.8. The highest BCUT2D eigenvalue weighted by Crippen LogP contribution is 2.32. The summed E-state index contributed by atoms with van der Waals surface area (Å²) in [5.41, 5.74) is 5.83. The predicted octanol–water partition coefficient (Wildman–Crippen LogP) is 2.10. The summed E-state index contributed by atoms with van der Waals surface area (Å²) in [5.74, 6) is 0.645. The molecule has 0 spiro atoms. The normalized spacial score (nSPS) is 31.5. The van der Waals surface area contributed by atoms with Crippen LogP contribution in [-0.2, 0) is 10.0 Å². The van der Waals surface area contributed by atoms with Gasteiger partial charge in [0.05, 0.1) is 5.25 Å². The predicted molar refractivity (Wildman–Crippen MR) is 78.4 cm³/mol. The van der Waals surface area contributed by atoms with Crippen LogP contribution < -0.4 is 5.73 Å². The third-order valence-corrected chi connectivity index (χ3v) is 7.37. The maximum Gasteiger partial charge on any atom is 0.217 e. The molecule has 1 saturated heterocycles. The Morgan fingerprint density at radius 2 is 1.84 bits per heavy atom. The SMILES string of the molecule is CCC1CCN(S(=O)(=O)C2CCCCC2)C(CN)C1. The van der Waals surface area contributed by atoms with Gasteiger partial charge in [0, 0.05) is 19.1 Å². The van der Waals surface area contributed by atoms with Gasteiger partial charge in [0.2, 0.25) is 10.0 Å². The first-order valence-corrected chi connectivity index (χ1v) is 9.30. The van der Waals surface area contributed by atoms with E-state index in [0.29, 0.717) is 19.0 Å². The number of sulfonamides is 1. The molecule has 0 aromatic carbocycles. The molecule has 0 amide bonds. The largest absolute Gasteiger partial charge is 0.329 e. The molecule has 1 heterocycles. The van der Waals surface area contributed by atoms with E-state index in [2.05, 4.69) is 6.92 Å². The van der Waals surface area contributed by atoms with E-state index in [1.807, 2.05) is 0 Å². The summed E-state index contributed by atoms with van der Waals surface area (Å²) < 4.78 is 27.3. The van der Waals surface area contributed by atoms with E-state index in [1.54, 1.807) is 4.31 Å². The molecular formula is C14H28N2O2S. The van der Waals surface area contributed by atoms with E-state index in [4.69, 9.17) is 5.73 Å². The van der Waals surface area contributed by atoms with Crippen molar-refractivity contribution in [3.8, 4) is 0 Å². The number of hydrogen-bond donors (Lipinski definition) is 1. The first-order valence-electron chi connectivity index (χ1n) is 7.80. The van der Waals surface area contributed by atoms with Crippen LogP contribution in [-0.4, -0.2) is 37.1 Å². The molecule has 0 aromatic heterocycles. The minimum atomic E-state index is -3.12. The van der Waals surface area contributed by atoms with Crippen molar-refractivity contribution >= 4 is 10.0 Å². The molecule has 0 aromatic rings. The molecule has 112 valence electrons. The molecule has 0 bridgehead atoms. The van der Waals surface area contributed by atoms with Gasteiger partial charge in [0.1, 0.15) is 0 Å². The Morgan fingerprint density at radius 1 is 1.16 bits per heavy atom. The van der Waals surface area contributed by atoms with Crippen molar-refractivity contribution in [1.29, 1.82) is 0 Å². The molecule has 2 unspecified atom stereocenters. The van der Waals surface area contributed by atoms with Crippen LogP contribution in [0, 0.1) is 5.92 Å². The monoisotopic (exact) mass is 288 g/mol. The summed E-state index contributed by atoms with van der Waals surface area (Å²) in [4.78, 5) is 0. The van der Waals surface area contributed by atoms with Gasteiger partial charge in [0.15, 0.2) is 0 Å². The summed E-state index contributed by atoms with van der Waals surface area (Å²) in [7, 11) is -3.12. The molecular weight excluding hydrogens is 260 g/mol. The number of piperidine rings is 1. The fourth-order valence-electron chi connectivity index (χ4n) is 3.59. The third-order valence-electron chi connectivity index (χ3n) is 4.92. The quantitative estimate of drug-likeness (QED) is 0.861. The molecule has 5 heteroatoms. The first kappa shape index (κ1) is 15.3. The maximum atomic E-state index is 12.8. The Balaban J connectivity index is 2.10. The van der Waals surface area contributed by atoms with Crippen molar-refractivity contribution < 1.29 is 8.42 Å². The van der Waals surface area contributed by atoms with E-state index >= 15 is 0 Å². The number of nitrogens with zero attached hydrogens (tertiary/aromatic N) is 1. The van der Waals surface area contributed by atoms with Crippen LogP contribution in [0.3, 0.4) is 0 Å². The fraction of sp³-hybridized carbons (Fsp3) is 1.00. The Hall–Kier alpha value is -0.130. The second kappa shape index (κ2) is 6.55. The lowest BCUT2D eigenvalue weighted by atomic mass is 9.90. The standard InChI is InChI=1S/C14H28N2O2S/c1-2-12-8-9-16(13(10-12)11-15)19(17,18)14-6-4-3-5-7-14/h12-14H,2-11,15H2,1H3. The van der Waals surface area contributed by atoms with Crippen LogP contribution in [0.15, 0.2) is 0 Å². The Kier molecular flexibility index (Phi) is 5.26. The average molecular weight is 288 g/mol. The second-order valence-corrected chi connectivity index (χ2v) is 8.27. The van der Waals surface area contributed by atoms with Crippen LogP contribution in [0.1, 0.15) is 58.3 Å². The van der Waals surface area contributed by atoms with E-state index < -0.39 is 10.0 Å². The van der Waals surface area contributed by atoms with Crippen LogP contribution in [0.5, 0.6) is 0 Å². The fourth-order valence-corrected chi connectivity index (χ4v) is 5.85. The number of hydrogen-bond acceptors (Lipinski definition) is 3. The smallest absolute Gasteiger partial charge is 0.217 e. The van der Waals surface area contributed by atoms with E-state index in [1.165, 1.54) is 6.42 Å². The second-order valence-electron chi connectivity index (χ2n) is 6.10. The van der Waals surface area contributed by atoms with Crippen molar-refractivity contribution in [1.82, 2.24) is 4.31 Å². The molecule has 2 rings (SSSR count). The minimum absolute atomic E-state index is 0.0330. The van der Waals surface area contributed by atoms with Gasteiger partial charge >= 0.3 is 0 Å². The topological polar surface area (TPSA) is 63.4 Å². The van der Waals surface area contributed by atoms with Gasteiger partial charge in [-0.25, -0.2) is 8.42 Å². The van der Waals surface area contributed by atoms with Crippen molar-refractivity contribution in [2.45, 2.75) is 69.6 Å². The van der Waals surface area contributed by atoms with Gasteiger partial charge in [0.25, 0.3) is 0 Å². The molecule has 1 aliphatic heterocycles. The van der Waals surface area contributed by atoms with Gasteiger partial charge in [-0.3, -0.25) is 0 Å². The molecule has 4 nitrogen and oxygen atoms in total. The zero-order valence-electron chi connectivity index (χ0n) is 12.1. The highest BCUT2D eigenvalue weighted by Gasteiger charge is 2.39. The van der Waals surface area contributed by atoms with Gasteiger partial charge in [-0.2, -0.15) is 4.31 Å². The van der Waals surface area contributed by atoms with Crippen LogP contribution >= 0.6 is 0 Å².